The van der Waals surface area contributed by atoms with Crippen molar-refractivity contribution in [2.75, 3.05) is 7.11 Å². The predicted octanol–water partition coefficient (Wildman–Crippen LogP) is 3.16. The molecule has 3 rings (SSSR count). The van der Waals surface area contributed by atoms with Gasteiger partial charge < -0.3 is 4.74 Å². The minimum absolute atomic E-state index is 0.137. The van der Waals surface area contributed by atoms with Gasteiger partial charge in [-0.25, -0.2) is 4.68 Å². The fraction of sp³-hybridized carbons (Fsp3) is 0.182. The third-order valence-corrected chi connectivity index (χ3v) is 4.48. The molecule has 140 valence electrons. The summed E-state index contributed by atoms with van der Waals surface area (Å²) in [6.07, 6.45) is 0.157. The van der Waals surface area contributed by atoms with Crippen LogP contribution in [0.25, 0.3) is 11.3 Å². The summed E-state index contributed by atoms with van der Waals surface area (Å²) in [4.78, 5) is 25.0. The van der Waals surface area contributed by atoms with Crippen LogP contribution in [0, 0.1) is 11.3 Å². The monoisotopic (exact) mass is 373 g/mol. The molecule has 1 aromatic heterocycles. The molecule has 1 atom stereocenters. The van der Waals surface area contributed by atoms with Crippen molar-refractivity contribution in [1.29, 1.82) is 5.26 Å². The second-order valence-electron chi connectivity index (χ2n) is 6.36. The number of nitrogens with zero attached hydrogens (tertiary/aromatic N) is 3. The number of carbonyl (C=O) groups is 1. The fourth-order valence-corrected chi connectivity index (χ4v) is 2.82. The van der Waals surface area contributed by atoms with Gasteiger partial charge in [-0.05, 0) is 42.8 Å². The number of nitriles is 1. The predicted molar refractivity (Wildman–Crippen MR) is 105 cm³/mol. The van der Waals surface area contributed by atoms with E-state index in [1.54, 1.807) is 44.4 Å². The van der Waals surface area contributed by atoms with Gasteiger partial charge in [0.25, 0.3) is 5.56 Å². The summed E-state index contributed by atoms with van der Waals surface area (Å²) in [7, 11) is 1.58. The lowest BCUT2D eigenvalue weighted by Crippen LogP contribution is -2.30. The highest BCUT2D eigenvalue weighted by Crippen LogP contribution is 2.21. The zero-order valence-corrected chi connectivity index (χ0v) is 15.6. The lowest BCUT2D eigenvalue weighted by molar-refractivity contribution is -0.121. The Morgan fingerprint density at radius 3 is 2.61 bits per heavy atom. The maximum atomic E-state index is 12.7. The van der Waals surface area contributed by atoms with E-state index in [2.05, 4.69) is 5.10 Å². The van der Waals surface area contributed by atoms with Gasteiger partial charge in [0.1, 0.15) is 11.8 Å². The quantitative estimate of drug-likeness (QED) is 0.663. The molecule has 1 unspecified atom stereocenters. The second-order valence-corrected chi connectivity index (χ2v) is 6.36. The maximum Gasteiger partial charge on any atom is 0.267 e. The van der Waals surface area contributed by atoms with E-state index in [-0.39, 0.29) is 17.8 Å². The van der Waals surface area contributed by atoms with Crippen molar-refractivity contribution in [2.24, 2.45) is 0 Å². The molecule has 3 aromatic rings. The van der Waals surface area contributed by atoms with Crippen LogP contribution in [-0.4, -0.2) is 22.7 Å². The number of Topliss-reactive ketones (excluding diaryl/α,β-unsaturated/α-hetero) is 1. The zero-order valence-electron chi connectivity index (χ0n) is 15.6. The maximum absolute atomic E-state index is 12.7. The van der Waals surface area contributed by atoms with E-state index < -0.39 is 6.04 Å². The van der Waals surface area contributed by atoms with Crippen LogP contribution in [0.3, 0.4) is 0 Å². The summed E-state index contributed by atoms with van der Waals surface area (Å²) >= 11 is 0. The van der Waals surface area contributed by atoms with Crippen LogP contribution >= 0.6 is 0 Å². The molecule has 6 heteroatoms. The molecular weight excluding hydrogens is 354 g/mol. The van der Waals surface area contributed by atoms with Crippen molar-refractivity contribution >= 4 is 5.78 Å². The van der Waals surface area contributed by atoms with Crippen molar-refractivity contribution in [1.82, 2.24) is 9.78 Å². The number of hydrogen-bond donors (Lipinski definition) is 0. The van der Waals surface area contributed by atoms with Crippen LogP contribution in [0.2, 0.25) is 0 Å². The van der Waals surface area contributed by atoms with Crippen LogP contribution in [0.15, 0.2) is 65.5 Å². The molecule has 0 N–H and O–H groups in total. The first-order valence-corrected chi connectivity index (χ1v) is 8.78. The Morgan fingerprint density at radius 2 is 1.93 bits per heavy atom. The molecule has 0 spiro atoms. The topological polar surface area (TPSA) is 85.0 Å². The number of aromatic nitrogens is 2. The lowest BCUT2D eigenvalue weighted by atomic mass is 10.0. The van der Waals surface area contributed by atoms with Gasteiger partial charge in [-0.1, -0.05) is 24.3 Å². The van der Waals surface area contributed by atoms with Crippen LogP contribution < -0.4 is 10.3 Å². The third kappa shape index (κ3) is 4.15. The molecule has 0 aliphatic heterocycles. The molecule has 0 saturated carbocycles. The molecule has 0 radical (unpaired) electrons. The van der Waals surface area contributed by atoms with Gasteiger partial charge in [0.2, 0.25) is 0 Å². The second kappa shape index (κ2) is 8.31. The molecule has 0 aliphatic carbocycles. The average Bonchev–Trinajstić information content (AvgIpc) is 2.74. The van der Waals surface area contributed by atoms with Crippen molar-refractivity contribution in [2.45, 2.75) is 19.4 Å². The lowest BCUT2D eigenvalue weighted by Gasteiger charge is -2.14. The van der Waals surface area contributed by atoms with E-state index >= 15 is 0 Å². The Balaban J connectivity index is 1.86. The Bertz CT molecular complexity index is 1100. The first-order chi connectivity index (χ1) is 13.5. The van der Waals surface area contributed by atoms with Gasteiger partial charge in [-0.3, -0.25) is 9.59 Å². The summed E-state index contributed by atoms with van der Waals surface area (Å²) in [6.45, 7) is 1.66. The van der Waals surface area contributed by atoms with E-state index in [0.717, 1.165) is 11.1 Å². The fourth-order valence-electron chi connectivity index (χ4n) is 2.82. The number of rotatable bonds is 6. The Kier molecular flexibility index (Phi) is 5.66. The Morgan fingerprint density at radius 1 is 1.18 bits per heavy atom. The number of ether oxygens (including phenoxy) is 1. The van der Waals surface area contributed by atoms with E-state index in [0.29, 0.717) is 17.0 Å². The number of ketones is 1. The van der Waals surface area contributed by atoms with Crippen LogP contribution in [0.1, 0.15) is 24.1 Å². The van der Waals surface area contributed by atoms with E-state index in [1.807, 2.05) is 30.3 Å². The van der Waals surface area contributed by atoms with E-state index in [9.17, 15) is 9.59 Å². The molecule has 1 heterocycles. The van der Waals surface area contributed by atoms with Crippen LogP contribution in [-0.2, 0) is 11.2 Å². The summed E-state index contributed by atoms with van der Waals surface area (Å²) in [5.74, 6) is 0.545. The van der Waals surface area contributed by atoms with E-state index in [4.69, 9.17) is 10.00 Å². The van der Waals surface area contributed by atoms with Crippen molar-refractivity contribution in [3.63, 3.8) is 0 Å². The average molecular weight is 373 g/mol. The molecule has 28 heavy (non-hydrogen) atoms. The van der Waals surface area contributed by atoms with Crippen LogP contribution in [0.5, 0.6) is 5.75 Å². The van der Waals surface area contributed by atoms with Gasteiger partial charge in [-0.15, -0.1) is 0 Å². The minimum atomic E-state index is -0.714. The largest absolute Gasteiger partial charge is 0.497 e. The molecule has 0 amide bonds. The minimum Gasteiger partial charge on any atom is -0.497 e. The molecule has 2 aromatic carbocycles. The Labute approximate surface area is 162 Å². The normalized spacial score (nSPS) is 11.5. The smallest absolute Gasteiger partial charge is 0.267 e. The van der Waals surface area contributed by atoms with Gasteiger partial charge in [0, 0.05) is 18.1 Å². The number of benzene rings is 2. The van der Waals surface area contributed by atoms with E-state index in [1.165, 1.54) is 10.7 Å². The number of hydrogen-bond acceptors (Lipinski definition) is 5. The molecule has 0 saturated heterocycles. The molecule has 0 fully saturated rings. The summed E-state index contributed by atoms with van der Waals surface area (Å²) in [5, 5.41) is 13.3. The third-order valence-electron chi connectivity index (χ3n) is 4.48. The SMILES string of the molecule is COc1cccc(-c2ccc(=O)n(C(C)C(=O)Cc3ccc(C#N)cc3)n2)c1. The standard InChI is InChI=1S/C22H19N3O3/c1-15(21(26)12-16-6-8-17(14-23)9-7-16)25-22(27)11-10-20(24-25)18-4-3-5-19(13-18)28-2/h3-11,13,15H,12H2,1-2H3. The summed E-state index contributed by atoms with van der Waals surface area (Å²) < 4.78 is 6.44. The summed E-state index contributed by atoms with van der Waals surface area (Å²) in [6, 6.07) is 18.5. The van der Waals surface area contributed by atoms with Gasteiger partial charge in [0.15, 0.2) is 5.78 Å². The highest BCUT2D eigenvalue weighted by atomic mass is 16.5. The first kappa shape index (κ1) is 19.1. The van der Waals surface area contributed by atoms with Crippen molar-refractivity contribution in [3.8, 4) is 23.1 Å². The molecular formula is C22H19N3O3. The molecule has 0 aliphatic rings. The van der Waals surface area contributed by atoms with Gasteiger partial charge in [0.05, 0.1) is 24.4 Å². The highest BCUT2D eigenvalue weighted by molar-refractivity contribution is 5.84. The number of carbonyl (C=O) groups excluding carboxylic acids is 1. The summed E-state index contributed by atoms with van der Waals surface area (Å²) in [5.41, 5.74) is 2.35. The van der Waals surface area contributed by atoms with Gasteiger partial charge in [-0.2, -0.15) is 10.4 Å². The first-order valence-electron chi connectivity index (χ1n) is 8.78. The zero-order chi connectivity index (χ0) is 20.1. The Hall–Kier alpha value is -3.72. The highest BCUT2D eigenvalue weighted by Gasteiger charge is 2.18. The number of methoxy groups -OCH3 is 1. The van der Waals surface area contributed by atoms with Crippen molar-refractivity contribution < 1.29 is 9.53 Å². The molecule has 0 bridgehead atoms. The van der Waals surface area contributed by atoms with Crippen molar-refractivity contribution in [3.05, 3.63) is 82.1 Å². The van der Waals surface area contributed by atoms with Crippen LogP contribution in [0.4, 0.5) is 0 Å². The van der Waals surface area contributed by atoms with Gasteiger partial charge >= 0.3 is 0 Å². The molecule has 6 nitrogen and oxygen atoms in total.